The molecule has 5 heterocycles. The van der Waals surface area contributed by atoms with E-state index in [2.05, 4.69) is 41.1 Å². The van der Waals surface area contributed by atoms with Gasteiger partial charge in [0.1, 0.15) is 70.3 Å². The summed E-state index contributed by atoms with van der Waals surface area (Å²) in [5.41, 5.74) is 8.28. The summed E-state index contributed by atoms with van der Waals surface area (Å²) >= 11 is 8.52. The van der Waals surface area contributed by atoms with Crippen molar-refractivity contribution in [1.82, 2.24) is 45.7 Å². The maximum absolute atomic E-state index is 14.5. The number of amides is 7. The molecule has 3 aliphatic rings. The molecule has 0 spiro atoms. The number of carboxylic acids is 1. The molecule has 556 valence electrons. The minimum absolute atomic E-state index is 0.00541. The number of likely N-dealkylation sites (N-methyl/N-ethyl adjacent to an activating group) is 1. The lowest BCUT2D eigenvalue weighted by Crippen LogP contribution is -2.58. The second-order valence-corrected chi connectivity index (χ2v) is 28.7. The van der Waals surface area contributed by atoms with Crippen LogP contribution in [-0.4, -0.2) is 192 Å². The Labute approximate surface area is 618 Å². The standard InChI is InChI=1S/C74H78ClFN12O16S2/c1-45-52(62-63-68(81-44-82-69(63)105-65(62)46-15-18-49(76)19-16-46)104-58(70(92)93)40-47-10-4-6-13-55(47)103-43-51-25-29-78-66(83-51)53-11-5-7-14-56(53)100-3)21-22-57(64(45)75)102-39-33-86-31-35-88(2,36-32-86)42-48-17-20-50(41-59(48)106(97,98)99)84-67(91)54(12-8-28-80-73(77)96)85-72(95)74(26-9-27-74)71(94)79-30-37-101-38-34-87-60(89)23-24-61(87)90/h4-7,10-11,13-25,29,41,44,54,58H,8-9,12,26-28,30-40,42-43H2,1-3H3,(H7-,77,79,80,84,85,91,92,93,94,95,96,97,98,99)/p+1/t54-,58+/m0/s1. The number of halogens is 2. The number of benzene rings is 5. The second-order valence-electron chi connectivity index (χ2n) is 26.0. The third-order valence-corrected chi connectivity index (χ3v) is 21.4. The number of nitrogens with zero attached hydrogens (tertiary/aromatic N) is 7. The fourth-order valence-electron chi connectivity index (χ4n) is 12.8. The minimum atomic E-state index is -4.87. The molecule has 3 aromatic heterocycles. The maximum atomic E-state index is 14.5. The number of fused-ring (bicyclic) bond motifs is 1. The van der Waals surface area contributed by atoms with E-state index in [-0.39, 0.29) is 102 Å². The molecular weight excluding hydrogens is 1430 g/mol. The number of ether oxygens (including phenoxy) is 5. The average Bonchev–Trinajstić information content (AvgIpc) is 1.56. The Morgan fingerprint density at radius 1 is 0.821 bits per heavy atom. The van der Waals surface area contributed by atoms with Crippen molar-refractivity contribution in [3.63, 3.8) is 0 Å². The summed E-state index contributed by atoms with van der Waals surface area (Å²) in [5, 5.41) is 22.0. The Kier molecular flexibility index (Phi) is 24.7. The number of imide groups is 1. The summed E-state index contributed by atoms with van der Waals surface area (Å²) in [7, 11) is -1.33. The monoisotopic (exact) mass is 1510 g/mol. The van der Waals surface area contributed by atoms with Gasteiger partial charge in [-0.05, 0) is 116 Å². The Hall–Kier alpha value is -10.5. The zero-order valence-electron chi connectivity index (χ0n) is 58.2. The number of urea groups is 1. The van der Waals surface area contributed by atoms with Gasteiger partial charge in [0.15, 0.2) is 5.82 Å². The zero-order valence-corrected chi connectivity index (χ0v) is 60.6. The van der Waals surface area contributed by atoms with Gasteiger partial charge in [0.2, 0.25) is 29.7 Å². The SMILES string of the molecule is COc1ccccc1-c1nccc(COc2ccccc2C[C@@H](Oc2ncnc3sc(-c4ccc(F)cc4)c(-c4ccc(OCCN5CC[N+](C)(Cc6ccc(NC(=O)[C@H](CCCNC(N)=O)NC(=O)C7(C(=O)NCCOCCN8C(=O)C=CC8=O)CCC7)cc6S(=O)(=O)O)CC5)c(Cl)c4C)c23)C(=O)O)n1. The van der Waals surface area contributed by atoms with Crippen molar-refractivity contribution in [1.29, 1.82) is 0 Å². The van der Waals surface area contributed by atoms with Crippen LogP contribution < -0.4 is 45.9 Å². The van der Waals surface area contributed by atoms with E-state index in [1.165, 1.54) is 41.9 Å². The number of rotatable bonds is 34. The highest BCUT2D eigenvalue weighted by Crippen LogP contribution is 2.50. The molecule has 11 rings (SSSR count). The van der Waals surface area contributed by atoms with E-state index in [0.29, 0.717) is 126 Å². The molecule has 1 aliphatic carbocycles. The summed E-state index contributed by atoms with van der Waals surface area (Å²) in [5.74, 6) is -2.86. The number of aromatic nitrogens is 4. The van der Waals surface area contributed by atoms with Crippen molar-refractivity contribution in [3.8, 4) is 56.1 Å². The quantitative estimate of drug-likeness (QED) is 0.00661. The van der Waals surface area contributed by atoms with Crippen LogP contribution in [0.5, 0.6) is 23.1 Å². The molecule has 28 nitrogen and oxygen atoms in total. The number of methoxy groups -OCH3 is 1. The van der Waals surface area contributed by atoms with Crippen molar-refractivity contribution in [2.24, 2.45) is 11.1 Å². The van der Waals surface area contributed by atoms with Crippen LogP contribution in [0.4, 0.5) is 14.9 Å². The normalized spacial score (nSPS) is 15.3. The van der Waals surface area contributed by atoms with Crippen molar-refractivity contribution >= 4 is 90.5 Å². The van der Waals surface area contributed by atoms with Gasteiger partial charge < -0.3 is 60.3 Å². The van der Waals surface area contributed by atoms with Crippen LogP contribution in [-0.2, 0) is 63.2 Å². The highest BCUT2D eigenvalue weighted by atomic mass is 35.5. The van der Waals surface area contributed by atoms with Gasteiger partial charge in [-0.2, -0.15) is 8.42 Å². The Balaban J connectivity index is 0.721. The average molecular weight is 1510 g/mol. The number of quaternary nitrogens is 1. The number of thiophene rings is 1. The summed E-state index contributed by atoms with van der Waals surface area (Å²) in [6.07, 6.45) is 4.67. The molecule has 1 saturated heterocycles. The lowest BCUT2D eigenvalue weighted by atomic mass is 9.67. The van der Waals surface area contributed by atoms with E-state index in [4.69, 9.17) is 46.0 Å². The third kappa shape index (κ3) is 18.4. The van der Waals surface area contributed by atoms with E-state index in [1.807, 2.05) is 44.3 Å². The molecule has 106 heavy (non-hydrogen) atoms. The number of carbonyl (C=O) groups excluding carboxylic acids is 6. The van der Waals surface area contributed by atoms with Crippen LogP contribution >= 0.6 is 22.9 Å². The number of hydrogen-bond acceptors (Lipinski definition) is 20. The van der Waals surface area contributed by atoms with E-state index in [0.717, 1.165) is 23.1 Å². The second kappa shape index (κ2) is 34.1. The third-order valence-electron chi connectivity index (χ3n) is 18.8. The van der Waals surface area contributed by atoms with Crippen LogP contribution in [0.1, 0.15) is 54.5 Å². The molecular formula is C74H79ClFN12O16S2+. The van der Waals surface area contributed by atoms with Gasteiger partial charge in [0.05, 0.1) is 68.7 Å². The lowest BCUT2D eigenvalue weighted by molar-refractivity contribution is -0.926. The molecule has 0 unspecified atom stereocenters. The van der Waals surface area contributed by atoms with Crippen molar-refractivity contribution in [2.45, 2.75) is 75.6 Å². The van der Waals surface area contributed by atoms with Gasteiger partial charge in [-0.3, -0.25) is 38.3 Å². The largest absolute Gasteiger partial charge is 0.496 e. The highest BCUT2D eigenvalue weighted by molar-refractivity contribution is 7.85. The Morgan fingerprint density at radius 3 is 2.26 bits per heavy atom. The molecule has 1 saturated carbocycles. The first kappa shape index (κ1) is 76.6. The molecule has 7 amide bonds. The summed E-state index contributed by atoms with van der Waals surface area (Å²) in [6.45, 7) is 5.15. The number of anilines is 1. The predicted octanol–water partition coefficient (Wildman–Crippen LogP) is 7.93. The van der Waals surface area contributed by atoms with Gasteiger partial charge >= 0.3 is 12.0 Å². The number of para-hydroxylation sites is 2. The van der Waals surface area contributed by atoms with Crippen LogP contribution in [0.15, 0.2) is 139 Å². The zero-order chi connectivity index (χ0) is 75.3. The topological polar surface area (TPSA) is 372 Å². The van der Waals surface area contributed by atoms with Crippen LogP contribution in [0.2, 0.25) is 5.02 Å². The Morgan fingerprint density at radius 2 is 1.56 bits per heavy atom. The van der Waals surface area contributed by atoms with E-state index in [9.17, 15) is 56.0 Å². The maximum Gasteiger partial charge on any atom is 0.345 e. The van der Waals surface area contributed by atoms with Gasteiger partial charge in [0.25, 0.3) is 21.9 Å². The molecule has 0 bridgehead atoms. The van der Waals surface area contributed by atoms with Gasteiger partial charge in [-0.1, -0.05) is 66.6 Å². The number of aliphatic carboxylic acids is 1. The van der Waals surface area contributed by atoms with Gasteiger partial charge in [-0.25, -0.2) is 33.9 Å². The number of hydrogen-bond donors (Lipinski definition) is 7. The van der Waals surface area contributed by atoms with Crippen LogP contribution in [0.25, 0.3) is 43.2 Å². The minimum Gasteiger partial charge on any atom is -0.496 e. The molecule has 5 aromatic carbocycles. The fraction of sp³-hybridized carbons (Fsp3) is 0.338. The number of nitrogens with one attached hydrogen (secondary N) is 4. The number of carboxylic acid groups (broad SMARTS) is 1. The number of carbonyl (C=O) groups is 7. The molecule has 32 heteroatoms. The van der Waals surface area contributed by atoms with E-state index >= 15 is 0 Å². The van der Waals surface area contributed by atoms with Crippen molar-refractivity contribution in [3.05, 3.63) is 167 Å². The van der Waals surface area contributed by atoms with Crippen LogP contribution in [0, 0.1) is 18.2 Å². The molecule has 2 atom stereocenters. The van der Waals surface area contributed by atoms with E-state index < -0.39 is 79.9 Å². The summed E-state index contributed by atoms with van der Waals surface area (Å²) < 4.78 is 81.9. The molecule has 2 aliphatic heterocycles. The Bertz CT molecular complexity index is 4750. The van der Waals surface area contributed by atoms with Crippen molar-refractivity contribution < 1.29 is 84.2 Å². The smallest absolute Gasteiger partial charge is 0.345 e. The number of nitrogens with two attached hydrogens (primary N) is 1. The number of primary amides is 1. The van der Waals surface area contributed by atoms with E-state index in [1.54, 1.807) is 61.8 Å². The molecule has 2 fully saturated rings. The summed E-state index contributed by atoms with van der Waals surface area (Å²) in [6, 6.07) is 27.7. The fourth-order valence-corrected chi connectivity index (χ4v) is 14.9. The van der Waals surface area contributed by atoms with Gasteiger partial charge in [-0.15, -0.1) is 11.3 Å². The molecule has 8 N–H and O–H groups in total. The molecule has 8 aromatic rings. The van der Waals surface area contributed by atoms with Crippen molar-refractivity contribution in [2.75, 3.05) is 91.7 Å². The first-order valence-corrected chi connectivity index (χ1v) is 36.8. The first-order valence-electron chi connectivity index (χ1n) is 34.1. The predicted molar refractivity (Wildman–Crippen MR) is 390 cm³/mol. The van der Waals surface area contributed by atoms with Gasteiger partial charge in [0, 0.05) is 79.2 Å². The highest BCUT2D eigenvalue weighted by Gasteiger charge is 2.51. The number of piperazine rings is 1. The van der Waals surface area contributed by atoms with Crippen LogP contribution in [0.3, 0.4) is 0 Å². The molecule has 0 radical (unpaired) electrons. The first-order chi connectivity index (χ1) is 50.9. The summed E-state index contributed by atoms with van der Waals surface area (Å²) in [4.78, 5) is 112. The lowest BCUT2D eigenvalue weighted by Gasteiger charge is -2.42.